The van der Waals surface area contributed by atoms with E-state index in [9.17, 15) is 4.79 Å². The van der Waals surface area contributed by atoms with Crippen LogP contribution in [0.5, 0.6) is 5.75 Å². The molecule has 11 heteroatoms. The number of amides is 1. The number of carbonyl (C=O) groups excluding carboxylic acids is 2. The molecule has 3 aromatic carbocycles. The van der Waals surface area contributed by atoms with Crippen LogP contribution in [0.4, 0.5) is 0 Å². The highest BCUT2D eigenvalue weighted by Crippen LogP contribution is 2.35. The van der Waals surface area contributed by atoms with Gasteiger partial charge in [0.2, 0.25) is 6.41 Å². The second-order valence-electron chi connectivity index (χ2n) is 9.35. The number of hydrogen-bond donors (Lipinski definition) is 3. The Hall–Kier alpha value is -3.58. The Balaban J connectivity index is 0.00000131. The maximum Gasteiger partial charge on any atom is 0.292 e. The largest absolute Gasteiger partial charge is 0.491 e. The second kappa shape index (κ2) is 26.8. The van der Waals surface area contributed by atoms with Gasteiger partial charge >= 0.3 is 0 Å². The van der Waals surface area contributed by atoms with Crippen molar-refractivity contribution in [2.45, 2.75) is 26.3 Å². The average molecular weight is 630 g/mol. The summed E-state index contributed by atoms with van der Waals surface area (Å²) in [6, 6.07) is 20.7. The lowest BCUT2D eigenvalue weighted by molar-refractivity contribution is -0.126. The molecule has 0 aromatic heterocycles. The molecular weight excluding hydrogens is 578 g/mol. The van der Waals surface area contributed by atoms with Gasteiger partial charge in [0.05, 0.1) is 66.0 Å². The maximum absolute atomic E-state index is 10.9. The Morgan fingerprint density at radius 1 is 0.711 bits per heavy atom. The highest BCUT2D eigenvalue weighted by atomic mass is 16.6. The topological polar surface area (TPSA) is 154 Å². The van der Waals surface area contributed by atoms with Crippen molar-refractivity contribution in [2.75, 3.05) is 79.7 Å². The van der Waals surface area contributed by atoms with Crippen LogP contribution in [0.2, 0.25) is 0 Å². The minimum Gasteiger partial charge on any atom is -0.491 e. The lowest BCUT2D eigenvalue weighted by Crippen LogP contribution is -2.18. The Morgan fingerprint density at radius 2 is 1.22 bits per heavy atom. The number of ether oxygens (including phenoxy) is 6. The van der Waals surface area contributed by atoms with Crippen LogP contribution < -0.4 is 21.5 Å². The molecule has 0 radical (unpaired) electrons. The molecule has 3 rings (SSSR count). The minimum atomic E-state index is 0.0223. The summed E-state index contributed by atoms with van der Waals surface area (Å²) in [5.74, 6) is 0.828. The first-order chi connectivity index (χ1) is 22.1. The van der Waals surface area contributed by atoms with Crippen LogP contribution in [0.25, 0.3) is 21.9 Å². The smallest absolute Gasteiger partial charge is 0.292 e. The Labute approximate surface area is 267 Å². The van der Waals surface area contributed by atoms with Crippen LogP contribution in [0, 0.1) is 0 Å². The van der Waals surface area contributed by atoms with Gasteiger partial charge in [0.15, 0.2) is 0 Å². The van der Waals surface area contributed by atoms with E-state index < -0.39 is 0 Å². The molecule has 5 N–H and O–H groups in total. The third-order valence-electron chi connectivity index (χ3n) is 6.15. The third-order valence-corrected chi connectivity index (χ3v) is 6.15. The molecule has 0 saturated carbocycles. The van der Waals surface area contributed by atoms with E-state index in [0.29, 0.717) is 72.5 Å². The number of benzene rings is 3. The molecule has 3 aromatic rings. The summed E-state index contributed by atoms with van der Waals surface area (Å²) in [4.78, 5) is 19.8. The zero-order chi connectivity index (χ0) is 33.0. The van der Waals surface area contributed by atoms with E-state index in [1.165, 1.54) is 7.11 Å². The highest BCUT2D eigenvalue weighted by Gasteiger charge is 2.11. The molecule has 11 nitrogen and oxygen atoms in total. The monoisotopic (exact) mass is 629 g/mol. The molecule has 1 amide bonds. The van der Waals surface area contributed by atoms with Crippen molar-refractivity contribution < 1.29 is 38.0 Å². The van der Waals surface area contributed by atoms with Crippen molar-refractivity contribution in [2.24, 2.45) is 11.5 Å². The van der Waals surface area contributed by atoms with E-state index in [1.807, 2.05) is 25.1 Å². The van der Waals surface area contributed by atoms with Crippen LogP contribution in [0.3, 0.4) is 0 Å². The van der Waals surface area contributed by atoms with Crippen LogP contribution in [0.15, 0.2) is 60.7 Å². The zero-order valence-electron chi connectivity index (χ0n) is 26.9. The molecule has 0 aliphatic heterocycles. The first-order valence-electron chi connectivity index (χ1n) is 15.2. The number of rotatable bonds is 21. The van der Waals surface area contributed by atoms with Gasteiger partial charge in [-0.3, -0.25) is 9.59 Å². The Morgan fingerprint density at radius 3 is 1.71 bits per heavy atom. The van der Waals surface area contributed by atoms with Crippen molar-refractivity contribution in [1.29, 1.82) is 0 Å². The van der Waals surface area contributed by atoms with E-state index in [4.69, 9.17) is 39.9 Å². The normalized spacial score (nSPS) is 11.0. The first kappa shape index (κ1) is 39.4. The van der Waals surface area contributed by atoms with E-state index in [0.717, 1.165) is 52.6 Å². The van der Waals surface area contributed by atoms with Gasteiger partial charge in [-0.1, -0.05) is 68.4 Å². The van der Waals surface area contributed by atoms with Gasteiger partial charge in [-0.25, -0.2) is 0 Å². The van der Waals surface area contributed by atoms with Crippen LogP contribution >= 0.6 is 0 Å². The molecular formula is C34H51N3O8. The van der Waals surface area contributed by atoms with Crippen molar-refractivity contribution in [3.8, 4) is 16.9 Å². The van der Waals surface area contributed by atoms with Crippen molar-refractivity contribution in [1.82, 2.24) is 5.32 Å². The summed E-state index contributed by atoms with van der Waals surface area (Å²) in [6.45, 7) is 10.2. The summed E-state index contributed by atoms with van der Waals surface area (Å²) in [5, 5.41) is 5.05. The number of nitrogens with one attached hydrogen (secondary N) is 1. The number of hydrogen-bond acceptors (Lipinski definition) is 10. The first-order valence-corrected chi connectivity index (χ1v) is 15.2. The van der Waals surface area contributed by atoms with E-state index in [1.54, 1.807) is 0 Å². The Bertz CT molecular complexity index is 1160. The molecule has 0 heterocycles. The fourth-order valence-corrected chi connectivity index (χ4v) is 4.13. The molecule has 0 bridgehead atoms. The van der Waals surface area contributed by atoms with E-state index in [-0.39, 0.29) is 6.04 Å². The van der Waals surface area contributed by atoms with Crippen LogP contribution in [0.1, 0.15) is 31.9 Å². The van der Waals surface area contributed by atoms with Gasteiger partial charge in [0.1, 0.15) is 12.4 Å². The highest BCUT2D eigenvalue weighted by molar-refractivity contribution is 6.00. The van der Waals surface area contributed by atoms with E-state index in [2.05, 4.69) is 59.4 Å². The molecule has 250 valence electrons. The number of nitrogens with two attached hydrogens (primary N) is 2. The van der Waals surface area contributed by atoms with E-state index >= 15 is 0 Å². The number of methoxy groups -OCH3 is 1. The summed E-state index contributed by atoms with van der Waals surface area (Å²) in [5.41, 5.74) is 13.5. The van der Waals surface area contributed by atoms with Crippen LogP contribution in [-0.2, 0) is 33.3 Å². The predicted octanol–water partition coefficient (Wildman–Crippen LogP) is 3.86. The molecule has 0 fully saturated rings. The van der Waals surface area contributed by atoms with Crippen LogP contribution in [-0.4, -0.2) is 92.5 Å². The number of fused-ring (bicyclic) bond motifs is 1. The third kappa shape index (κ3) is 16.3. The number of carbonyl (C=O) groups is 2. The molecule has 45 heavy (non-hydrogen) atoms. The van der Waals surface area contributed by atoms with Gasteiger partial charge in [-0.2, -0.15) is 0 Å². The van der Waals surface area contributed by atoms with Gasteiger partial charge < -0.3 is 45.2 Å². The molecule has 0 aliphatic rings. The Kier molecular flexibility index (Phi) is 23.5. The lowest BCUT2D eigenvalue weighted by Gasteiger charge is -2.16. The summed E-state index contributed by atoms with van der Waals surface area (Å²) >= 11 is 0. The average Bonchev–Trinajstić information content (AvgIpc) is 3.08. The molecule has 0 saturated heterocycles. The van der Waals surface area contributed by atoms with Crippen molar-refractivity contribution in [3.05, 3.63) is 66.2 Å². The van der Waals surface area contributed by atoms with Crippen molar-refractivity contribution in [3.63, 3.8) is 0 Å². The second-order valence-corrected chi connectivity index (χ2v) is 9.35. The fraction of sp³-hybridized carbons (Fsp3) is 0.471. The quantitative estimate of drug-likeness (QED) is 0.117. The predicted molar refractivity (Wildman–Crippen MR) is 177 cm³/mol. The summed E-state index contributed by atoms with van der Waals surface area (Å²) in [6.07, 6.45) is 1.60. The minimum absolute atomic E-state index is 0.0223. The van der Waals surface area contributed by atoms with Crippen molar-refractivity contribution >= 4 is 23.7 Å². The summed E-state index contributed by atoms with van der Waals surface area (Å²) in [7, 11) is 1.31. The standard InChI is InChI=1S/C30H40N2O6.C2H7N.C2H4O2/c1-2-29(32-23-33)25-9-7-24(8-10-25)26-11-12-30(28-6-4-3-5-27(26)28)38-22-21-37-20-19-36-18-17-35-16-15-34-14-13-31;1-2-3;1-4-2-3/h3-12,23,29H,2,13-22,31H2,1H3,(H,32,33);2-3H2,1H3;2H,1H3. The van der Waals surface area contributed by atoms with Gasteiger partial charge in [0.25, 0.3) is 6.47 Å². The van der Waals surface area contributed by atoms with Gasteiger partial charge in [-0.15, -0.1) is 0 Å². The summed E-state index contributed by atoms with van der Waals surface area (Å²) < 4.78 is 31.7. The molecule has 0 spiro atoms. The van der Waals surface area contributed by atoms with Gasteiger partial charge in [-0.05, 0) is 41.1 Å². The molecule has 1 atom stereocenters. The maximum atomic E-state index is 10.9. The fourth-order valence-electron chi connectivity index (χ4n) is 4.13. The zero-order valence-corrected chi connectivity index (χ0v) is 26.9. The molecule has 0 aliphatic carbocycles. The molecule has 1 unspecified atom stereocenters. The van der Waals surface area contributed by atoms with Gasteiger partial charge in [0, 0.05) is 11.9 Å². The SMILES string of the molecule is CCC(NC=O)c1ccc(-c2ccc(OCCOCCOCCOCCOCCN)c3ccccc23)cc1.CCN.COC=O. The lowest BCUT2D eigenvalue weighted by atomic mass is 9.95.